The van der Waals surface area contributed by atoms with Gasteiger partial charge in [-0.25, -0.2) is 0 Å². The highest BCUT2D eigenvalue weighted by molar-refractivity contribution is 5.96. The Balaban J connectivity index is 1.60. The fourth-order valence-electron chi connectivity index (χ4n) is 2.28. The van der Waals surface area contributed by atoms with Crippen LogP contribution in [0.1, 0.15) is 34.3 Å². The Kier molecular flexibility index (Phi) is 4.95. The van der Waals surface area contributed by atoms with Crippen LogP contribution in [0.4, 0.5) is 0 Å². The second kappa shape index (κ2) is 7.49. The molecule has 2 amide bonds. The van der Waals surface area contributed by atoms with Crippen molar-refractivity contribution in [1.82, 2.24) is 10.9 Å². The zero-order valence-corrected chi connectivity index (χ0v) is 13.5. The summed E-state index contributed by atoms with van der Waals surface area (Å²) in [5, 5.41) is 9.09. The largest absolute Gasteiger partial charge is 0.489 e. The summed E-state index contributed by atoms with van der Waals surface area (Å²) < 4.78 is 5.68. The number of carbonyl (C=O) groups excluding carboxylic acids is 2. The molecule has 0 bridgehead atoms. The Hall–Kier alpha value is -3.33. The van der Waals surface area contributed by atoms with Gasteiger partial charge in [-0.3, -0.25) is 20.4 Å². The van der Waals surface area contributed by atoms with Gasteiger partial charge in [-0.2, -0.15) is 5.26 Å². The van der Waals surface area contributed by atoms with Gasteiger partial charge in [0.1, 0.15) is 12.4 Å². The van der Waals surface area contributed by atoms with Crippen LogP contribution >= 0.6 is 0 Å². The maximum atomic E-state index is 12.1. The van der Waals surface area contributed by atoms with Crippen molar-refractivity contribution in [1.29, 1.82) is 5.26 Å². The average molecular weight is 335 g/mol. The Morgan fingerprint density at radius 1 is 1.12 bits per heavy atom. The minimum absolute atomic E-state index is 0.0233. The molecule has 0 atom stereocenters. The summed E-state index contributed by atoms with van der Waals surface area (Å²) in [7, 11) is 0. The van der Waals surface area contributed by atoms with Crippen LogP contribution in [0, 0.1) is 17.2 Å². The molecule has 0 aromatic heterocycles. The lowest BCUT2D eigenvalue weighted by Crippen LogP contribution is -2.42. The molecule has 126 valence electrons. The number of nitriles is 1. The Bertz CT molecular complexity index is 838. The van der Waals surface area contributed by atoms with Crippen molar-refractivity contribution in [3.8, 4) is 11.8 Å². The normalized spacial score (nSPS) is 12.8. The standard InChI is InChI=1S/C19H17N3O3/c20-11-15-4-1-2-5-16(15)12-25-17-7-3-6-14(10-17)19(24)22-21-18(23)13-8-9-13/h1-7,10,13H,8-9,12H2,(H,21,23)(H,22,24). The predicted molar refractivity (Wildman–Crippen MR) is 90.3 cm³/mol. The predicted octanol–water partition coefficient (Wildman–Crippen LogP) is 2.31. The van der Waals surface area contributed by atoms with E-state index in [0.29, 0.717) is 16.9 Å². The monoisotopic (exact) mass is 335 g/mol. The van der Waals surface area contributed by atoms with Gasteiger partial charge in [-0.05, 0) is 37.1 Å². The number of hydrazine groups is 1. The lowest BCUT2D eigenvalue weighted by atomic mass is 10.1. The first kappa shape index (κ1) is 16.5. The van der Waals surface area contributed by atoms with Crippen molar-refractivity contribution in [3.05, 3.63) is 65.2 Å². The van der Waals surface area contributed by atoms with Crippen LogP contribution in [-0.2, 0) is 11.4 Å². The van der Waals surface area contributed by atoms with Gasteiger partial charge >= 0.3 is 0 Å². The average Bonchev–Trinajstić information content (AvgIpc) is 3.50. The van der Waals surface area contributed by atoms with E-state index in [-0.39, 0.29) is 18.4 Å². The lowest BCUT2D eigenvalue weighted by molar-refractivity contribution is -0.123. The molecule has 0 saturated heterocycles. The van der Waals surface area contributed by atoms with Gasteiger partial charge in [0.15, 0.2) is 0 Å². The Labute approximate surface area is 145 Å². The molecule has 1 aliphatic carbocycles. The maximum absolute atomic E-state index is 12.1. The number of rotatable bonds is 5. The Morgan fingerprint density at radius 3 is 2.68 bits per heavy atom. The number of nitrogens with zero attached hydrogens (tertiary/aromatic N) is 1. The van der Waals surface area contributed by atoms with Crippen LogP contribution in [0.15, 0.2) is 48.5 Å². The molecular formula is C19H17N3O3. The fraction of sp³-hybridized carbons (Fsp3) is 0.211. The number of hydrogen-bond acceptors (Lipinski definition) is 4. The maximum Gasteiger partial charge on any atom is 0.269 e. The molecule has 1 aliphatic rings. The van der Waals surface area contributed by atoms with E-state index in [1.807, 2.05) is 12.1 Å². The van der Waals surface area contributed by atoms with Gasteiger partial charge in [0.05, 0.1) is 11.6 Å². The molecule has 2 N–H and O–H groups in total. The molecule has 2 aromatic rings. The summed E-state index contributed by atoms with van der Waals surface area (Å²) >= 11 is 0. The molecule has 6 nitrogen and oxygen atoms in total. The quantitative estimate of drug-likeness (QED) is 0.820. The molecule has 2 aromatic carbocycles. The van der Waals surface area contributed by atoms with Gasteiger partial charge in [0.2, 0.25) is 5.91 Å². The lowest BCUT2D eigenvalue weighted by Gasteiger charge is -2.10. The highest BCUT2D eigenvalue weighted by atomic mass is 16.5. The van der Waals surface area contributed by atoms with Gasteiger partial charge in [0.25, 0.3) is 5.91 Å². The van der Waals surface area contributed by atoms with Crippen LogP contribution < -0.4 is 15.6 Å². The van der Waals surface area contributed by atoms with Crippen LogP contribution in [0.3, 0.4) is 0 Å². The molecule has 0 unspecified atom stereocenters. The molecule has 0 aliphatic heterocycles. The summed E-state index contributed by atoms with van der Waals surface area (Å²) in [4.78, 5) is 23.6. The van der Waals surface area contributed by atoms with Gasteiger partial charge in [-0.1, -0.05) is 24.3 Å². The summed E-state index contributed by atoms with van der Waals surface area (Å²) in [5.41, 5.74) is 6.53. The van der Waals surface area contributed by atoms with E-state index in [2.05, 4.69) is 16.9 Å². The van der Waals surface area contributed by atoms with Crippen LogP contribution in [0.25, 0.3) is 0 Å². The number of hydrogen-bond donors (Lipinski definition) is 2. The van der Waals surface area contributed by atoms with E-state index in [9.17, 15) is 9.59 Å². The van der Waals surface area contributed by atoms with Crippen molar-refractivity contribution < 1.29 is 14.3 Å². The molecule has 1 fully saturated rings. The molecule has 0 spiro atoms. The van der Waals surface area contributed by atoms with E-state index in [1.54, 1.807) is 36.4 Å². The zero-order chi connectivity index (χ0) is 17.6. The van der Waals surface area contributed by atoms with E-state index in [0.717, 1.165) is 18.4 Å². The second-order valence-electron chi connectivity index (χ2n) is 5.80. The van der Waals surface area contributed by atoms with E-state index >= 15 is 0 Å². The molecule has 3 rings (SSSR count). The van der Waals surface area contributed by atoms with Gasteiger partial charge in [-0.15, -0.1) is 0 Å². The van der Waals surface area contributed by atoms with E-state index in [1.165, 1.54) is 0 Å². The topological polar surface area (TPSA) is 91.2 Å². The highest BCUT2D eigenvalue weighted by Crippen LogP contribution is 2.28. The van der Waals surface area contributed by atoms with E-state index < -0.39 is 5.91 Å². The second-order valence-corrected chi connectivity index (χ2v) is 5.80. The number of benzene rings is 2. The minimum Gasteiger partial charge on any atom is -0.489 e. The van der Waals surface area contributed by atoms with Crippen molar-refractivity contribution in [2.24, 2.45) is 5.92 Å². The highest BCUT2D eigenvalue weighted by Gasteiger charge is 2.29. The molecular weight excluding hydrogens is 318 g/mol. The van der Waals surface area contributed by atoms with Crippen molar-refractivity contribution in [3.63, 3.8) is 0 Å². The van der Waals surface area contributed by atoms with Gasteiger partial charge < -0.3 is 4.74 Å². The van der Waals surface area contributed by atoms with Crippen LogP contribution in [0.5, 0.6) is 5.75 Å². The number of ether oxygens (including phenoxy) is 1. The van der Waals surface area contributed by atoms with Crippen molar-refractivity contribution in [2.45, 2.75) is 19.4 Å². The molecule has 0 heterocycles. The summed E-state index contributed by atoms with van der Waals surface area (Å²) in [6.07, 6.45) is 1.74. The van der Waals surface area contributed by atoms with Crippen molar-refractivity contribution >= 4 is 11.8 Å². The third-order valence-corrected chi connectivity index (χ3v) is 3.88. The zero-order valence-electron chi connectivity index (χ0n) is 13.5. The molecule has 6 heteroatoms. The molecule has 1 saturated carbocycles. The third kappa shape index (κ3) is 4.36. The van der Waals surface area contributed by atoms with Crippen molar-refractivity contribution in [2.75, 3.05) is 0 Å². The van der Waals surface area contributed by atoms with Crippen LogP contribution in [0.2, 0.25) is 0 Å². The summed E-state index contributed by atoms with van der Waals surface area (Å²) in [6.45, 7) is 0.229. The summed E-state index contributed by atoms with van der Waals surface area (Å²) in [6, 6.07) is 16.0. The van der Waals surface area contributed by atoms with Crippen LogP contribution in [-0.4, -0.2) is 11.8 Å². The number of nitrogens with one attached hydrogen (secondary N) is 2. The smallest absolute Gasteiger partial charge is 0.269 e. The number of carbonyl (C=O) groups is 2. The fourth-order valence-corrected chi connectivity index (χ4v) is 2.28. The molecule has 0 radical (unpaired) electrons. The first-order chi connectivity index (χ1) is 12.2. The first-order valence-corrected chi connectivity index (χ1v) is 7.98. The Morgan fingerprint density at radius 2 is 1.92 bits per heavy atom. The first-order valence-electron chi connectivity index (χ1n) is 7.98. The van der Waals surface area contributed by atoms with E-state index in [4.69, 9.17) is 10.00 Å². The SMILES string of the molecule is N#Cc1ccccc1COc1cccc(C(=O)NNC(=O)C2CC2)c1. The van der Waals surface area contributed by atoms with Gasteiger partial charge in [0, 0.05) is 17.0 Å². The molecule has 25 heavy (non-hydrogen) atoms. The summed E-state index contributed by atoms with van der Waals surface area (Å²) in [5.74, 6) is -0.0326. The third-order valence-electron chi connectivity index (χ3n) is 3.88. The number of amides is 2. The minimum atomic E-state index is -0.406.